The van der Waals surface area contributed by atoms with Gasteiger partial charge in [0.05, 0.1) is 13.1 Å². The number of benzene rings is 1. The van der Waals surface area contributed by atoms with Gasteiger partial charge in [-0.25, -0.2) is 0 Å². The zero-order valence-electron chi connectivity index (χ0n) is 17.0. The molecular weight excluding hydrogens is 398 g/mol. The maximum absolute atomic E-state index is 13.5. The first-order valence-corrected chi connectivity index (χ1v) is 11.2. The number of ether oxygens (including phenoxy) is 2. The van der Waals surface area contributed by atoms with Gasteiger partial charge < -0.3 is 18.9 Å². The van der Waals surface area contributed by atoms with E-state index in [-0.39, 0.29) is 11.9 Å². The number of rotatable bonds is 5. The van der Waals surface area contributed by atoms with Crippen LogP contribution in [0.15, 0.2) is 54.0 Å². The largest absolute Gasteiger partial charge is 0.486 e. The highest BCUT2D eigenvalue weighted by Crippen LogP contribution is 2.35. The van der Waals surface area contributed by atoms with Crippen molar-refractivity contribution in [3.8, 4) is 11.5 Å². The summed E-state index contributed by atoms with van der Waals surface area (Å²) in [5.74, 6) is 1.53. The minimum absolute atomic E-state index is 0.0898. The van der Waals surface area contributed by atoms with Crippen LogP contribution in [-0.2, 0) is 17.9 Å². The van der Waals surface area contributed by atoms with Gasteiger partial charge in [-0.3, -0.25) is 9.69 Å². The number of anilines is 1. The Morgan fingerprint density at radius 3 is 2.83 bits per heavy atom. The highest BCUT2D eigenvalue weighted by molar-refractivity contribution is 7.09. The lowest BCUT2D eigenvalue weighted by Gasteiger charge is -2.36. The van der Waals surface area contributed by atoms with E-state index in [0.29, 0.717) is 32.1 Å². The number of carbonyl (C=O) groups excluding carboxylic acids is 1. The average molecular weight is 424 g/mol. The molecule has 0 fully saturated rings. The number of aromatic nitrogens is 1. The monoisotopic (exact) mass is 423 g/mol. The van der Waals surface area contributed by atoms with Crippen molar-refractivity contribution in [2.75, 3.05) is 31.2 Å². The third kappa shape index (κ3) is 3.70. The Morgan fingerprint density at radius 2 is 2.00 bits per heavy atom. The summed E-state index contributed by atoms with van der Waals surface area (Å²) in [4.78, 5) is 18.8. The standard InChI is InChI=1S/C23H25N3O3S/c1-17-20-5-2-8-24(20)9-10-25(17)16-23(27)26(15-19-4-3-13-30-19)18-6-7-21-22(14-18)29-12-11-28-21/h2-8,13-14,17H,9-12,15-16H2,1H3. The predicted molar refractivity (Wildman–Crippen MR) is 117 cm³/mol. The fourth-order valence-electron chi connectivity index (χ4n) is 4.18. The molecule has 1 amide bonds. The van der Waals surface area contributed by atoms with Crippen molar-refractivity contribution in [2.45, 2.75) is 26.1 Å². The Kier molecular flexibility index (Phi) is 5.23. The number of amides is 1. The molecule has 0 bridgehead atoms. The third-order valence-corrected chi connectivity index (χ3v) is 6.70. The summed E-state index contributed by atoms with van der Waals surface area (Å²) in [7, 11) is 0. The van der Waals surface area contributed by atoms with Gasteiger partial charge >= 0.3 is 0 Å². The maximum Gasteiger partial charge on any atom is 0.241 e. The van der Waals surface area contributed by atoms with Gasteiger partial charge in [0.1, 0.15) is 13.2 Å². The van der Waals surface area contributed by atoms with Crippen molar-refractivity contribution in [1.82, 2.24) is 9.47 Å². The van der Waals surface area contributed by atoms with Crippen LogP contribution in [-0.4, -0.2) is 41.7 Å². The molecule has 0 spiro atoms. The first-order valence-electron chi connectivity index (χ1n) is 10.3. The molecule has 0 N–H and O–H groups in total. The quantitative estimate of drug-likeness (QED) is 0.624. The van der Waals surface area contributed by atoms with Crippen LogP contribution in [0.1, 0.15) is 23.5 Å². The van der Waals surface area contributed by atoms with Gasteiger partial charge in [0.25, 0.3) is 0 Å². The topological polar surface area (TPSA) is 46.9 Å². The van der Waals surface area contributed by atoms with E-state index in [1.165, 1.54) is 5.69 Å². The highest BCUT2D eigenvalue weighted by Gasteiger charge is 2.28. The van der Waals surface area contributed by atoms with E-state index in [4.69, 9.17) is 9.47 Å². The van der Waals surface area contributed by atoms with Gasteiger partial charge in [0.15, 0.2) is 11.5 Å². The van der Waals surface area contributed by atoms with Crippen molar-refractivity contribution < 1.29 is 14.3 Å². The van der Waals surface area contributed by atoms with Crippen LogP contribution in [0.4, 0.5) is 5.69 Å². The Morgan fingerprint density at radius 1 is 1.13 bits per heavy atom. The van der Waals surface area contributed by atoms with Crippen LogP contribution in [0, 0.1) is 0 Å². The summed E-state index contributed by atoms with van der Waals surface area (Å²) in [6.07, 6.45) is 2.11. The first kappa shape index (κ1) is 19.2. The summed E-state index contributed by atoms with van der Waals surface area (Å²) < 4.78 is 13.7. The molecule has 4 heterocycles. The number of fused-ring (bicyclic) bond motifs is 2. The second kappa shape index (κ2) is 8.16. The van der Waals surface area contributed by atoms with Gasteiger partial charge in [0.2, 0.25) is 5.91 Å². The second-order valence-corrected chi connectivity index (χ2v) is 8.69. The molecule has 1 unspecified atom stereocenters. The molecule has 7 heteroatoms. The Hall–Kier alpha value is -2.77. The van der Waals surface area contributed by atoms with E-state index in [9.17, 15) is 4.79 Å². The van der Waals surface area contributed by atoms with Gasteiger partial charge in [-0.05, 0) is 42.6 Å². The molecule has 3 aromatic rings. The molecule has 2 aliphatic heterocycles. The molecule has 1 aromatic carbocycles. The summed E-state index contributed by atoms with van der Waals surface area (Å²) in [5, 5.41) is 2.04. The molecule has 0 saturated heterocycles. The number of thiophene rings is 1. The number of hydrogen-bond donors (Lipinski definition) is 0. The molecule has 30 heavy (non-hydrogen) atoms. The van der Waals surface area contributed by atoms with Crippen molar-refractivity contribution in [2.24, 2.45) is 0 Å². The molecule has 156 valence electrons. The maximum atomic E-state index is 13.5. The highest BCUT2D eigenvalue weighted by atomic mass is 32.1. The minimum Gasteiger partial charge on any atom is -0.486 e. The Labute approximate surface area is 180 Å². The van der Waals surface area contributed by atoms with Crippen molar-refractivity contribution in [1.29, 1.82) is 0 Å². The number of nitrogens with zero attached hydrogens (tertiary/aromatic N) is 3. The lowest BCUT2D eigenvalue weighted by Crippen LogP contribution is -2.44. The summed E-state index contributed by atoms with van der Waals surface area (Å²) in [6, 6.07) is 14.3. The Balaban J connectivity index is 1.40. The van der Waals surface area contributed by atoms with Gasteiger partial charge in [0, 0.05) is 47.7 Å². The fourth-order valence-corrected chi connectivity index (χ4v) is 4.88. The van der Waals surface area contributed by atoms with Crippen LogP contribution in [0.3, 0.4) is 0 Å². The SMILES string of the molecule is CC1c2cccn2CCN1CC(=O)N(Cc1cccs1)c1ccc2c(c1)OCCO2. The van der Waals surface area contributed by atoms with E-state index in [1.54, 1.807) is 11.3 Å². The zero-order valence-corrected chi connectivity index (χ0v) is 17.8. The molecular formula is C23H25N3O3S. The zero-order chi connectivity index (χ0) is 20.5. The molecule has 5 rings (SSSR count). The van der Waals surface area contributed by atoms with Gasteiger partial charge in [-0.15, -0.1) is 11.3 Å². The molecule has 1 atom stereocenters. The van der Waals surface area contributed by atoms with E-state index in [0.717, 1.165) is 29.4 Å². The molecule has 6 nitrogen and oxygen atoms in total. The van der Waals surface area contributed by atoms with E-state index in [1.807, 2.05) is 34.5 Å². The predicted octanol–water partition coefficient (Wildman–Crippen LogP) is 3.93. The van der Waals surface area contributed by atoms with Crippen molar-refractivity contribution in [3.05, 3.63) is 64.6 Å². The lowest BCUT2D eigenvalue weighted by atomic mass is 10.1. The summed E-state index contributed by atoms with van der Waals surface area (Å²) in [6.45, 7) is 5.96. The van der Waals surface area contributed by atoms with Crippen LogP contribution < -0.4 is 14.4 Å². The van der Waals surface area contributed by atoms with Crippen molar-refractivity contribution >= 4 is 22.9 Å². The first-order chi connectivity index (χ1) is 14.7. The normalized spacial score (nSPS) is 18.1. The lowest BCUT2D eigenvalue weighted by molar-refractivity contribution is -0.120. The number of carbonyl (C=O) groups is 1. The molecule has 0 radical (unpaired) electrons. The van der Waals surface area contributed by atoms with Crippen molar-refractivity contribution in [3.63, 3.8) is 0 Å². The Bertz CT molecular complexity index is 1030. The average Bonchev–Trinajstić information content (AvgIpc) is 3.46. The van der Waals surface area contributed by atoms with E-state index < -0.39 is 0 Å². The summed E-state index contributed by atoms with van der Waals surface area (Å²) in [5.41, 5.74) is 2.10. The third-order valence-electron chi connectivity index (χ3n) is 5.84. The fraction of sp³-hybridized carbons (Fsp3) is 0.348. The molecule has 2 aliphatic rings. The summed E-state index contributed by atoms with van der Waals surface area (Å²) >= 11 is 1.66. The molecule has 2 aromatic heterocycles. The van der Waals surface area contributed by atoms with E-state index >= 15 is 0 Å². The van der Waals surface area contributed by atoms with Crippen LogP contribution >= 0.6 is 11.3 Å². The second-order valence-electron chi connectivity index (χ2n) is 7.66. The van der Waals surface area contributed by atoms with Gasteiger partial charge in [-0.1, -0.05) is 6.07 Å². The van der Waals surface area contributed by atoms with Gasteiger partial charge in [-0.2, -0.15) is 0 Å². The van der Waals surface area contributed by atoms with E-state index in [2.05, 4.69) is 40.8 Å². The minimum atomic E-state index is 0.0898. The smallest absolute Gasteiger partial charge is 0.241 e. The molecule has 0 saturated carbocycles. The molecule has 0 aliphatic carbocycles. The van der Waals surface area contributed by atoms with Crippen LogP contribution in [0.2, 0.25) is 0 Å². The number of hydrogen-bond acceptors (Lipinski definition) is 5. The van der Waals surface area contributed by atoms with Crippen LogP contribution in [0.25, 0.3) is 0 Å². The van der Waals surface area contributed by atoms with Crippen LogP contribution in [0.5, 0.6) is 11.5 Å².